The summed E-state index contributed by atoms with van der Waals surface area (Å²) in [7, 11) is 1.80. The van der Waals surface area contributed by atoms with Crippen molar-refractivity contribution in [2.75, 3.05) is 0 Å². The van der Waals surface area contributed by atoms with Gasteiger partial charge < -0.3 is 15.2 Å². The highest BCUT2D eigenvalue weighted by atomic mass is 16.2. The normalized spacial score (nSPS) is 13.5. The van der Waals surface area contributed by atoms with E-state index in [2.05, 4.69) is 20.8 Å². The molecule has 2 aromatic rings. The molecule has 7 heteroatoms. The van der Waals surface area contributed by atoms with Gasteiger partial charge in [0, 0.05) is 13.1 Å². The zero-order valence-corrected chi connectivity index (χ0v) is 13.9. The third kappa shape index (κ3) is 4.77. The van der Waals surface area contributed by atoms with E-state index in [1.807, 2.05) is 37.3 Å². The number of nitrogens with one attached hydrogen (secondary N) is 2. The number of benzene rings is 1. The van der Waals surface area contributed by atoms with Crippen LogP contribution in [0.1, 0.15) is 31.3 Å². The molecule has 0 saturated carbocycles. The molecule has 2 atom stereocenters. The molecule has 2 amide bonds. The van der Waals surface area contributed by atoms with Crippen LogP contribution in [-0.4, -0.2) is 32.6 Å². The van der Waals surface area contributed by atoms with Crippen LogP contribution in [-0.2, 0) is 16.6 Å². The van der Waals surface area contributed by atoms with E-state index in [9.17, 15) is 9.59 Å². The van der Waals surface area contributed by atoms with E-state index >= 15 is 0 Å². The molecule has 1 heterocycles. The van der Waals surface area contributed by atoms with Gasteiger partial charge in [-0.3, -0.25) is 9.59 Å². The molecule has 0 saturated heterocycles. The number of aromatic nitrogens is 3. The predicted molar refractivity (Wildman–Crippen MR) is 90.6 cm³/mol. The molecule has 0 fully saturated rings. The number of amides is 2. The maximum absolute atomic E-state index is 12.2. The number of carbonyl (C=O) groups is 2. The number of rotatable bonds is 6. The standard InChI is InChI=1S/C17H21N5O2/c1-12(16-21-18-11-22(16)3)20-17(24)13(2)19-15(23)10-9-14-7-5-4-6-8-14/h4-13H,1-3H3,(H,19,23)(H,20,24)/b10-9+/t12-,13-/m0/s1. The molecule has 2 rings (SSSR count). The van der Waals surface area contributed by atoms with Gasteiger partial charge in [-0.2, -0.15) is 0 Å². The number of aryl methyl sites for hydroxylation is 1. The molecule has 7 nitrogen and oxygen atoms in total. The largest absolute Gasteiger partial charge is 0.345 e. The fourth-order valence-electron chi connectivity index (χ4n) is 2.15. The zero-order valence-electron chi connectivity index (χ0n) is 13.9. The van der Waals surface area contributed by atoms with Crippen LogP contribution in [0.5, 0.6) is 0 Å². The molecule has 126 valence electrons. The molecule has 0 unspecified atom stereocenters. The van der Waals surface area contributed by atoms with Crippen LogP contribution in [0.25, 0.3) is 6.08 Å². The van der Waals surface area contributed by atoms with Crippen molar-refractivity contribution in [1.82, 2.24) is 25.4 Å². The van der Waals surface area contributed by atoms with Crippen molar-refractivity contribution in [3.05, 3.63) is 54.1 Å². The molecular formula is C17H21N5O2. The first-order chi connectivity index (χ1) is 11.5. The van der Waals surface area contributed by atoms with Gasteiger partial charge in [-0.1, -0.05) is 30.3 Å². The third-order valence-electron chi connectivity index (χ3n) is 3.47. The fraction of sp³-hybridized carbons (Fsp3) is 0.294. The molecular weight excluding hydrogens is 306 g/mol. The summed E-state index contributed by atoms with van der Waals surface area (Å²) < 4.78 is 1.73. The van der Waals surface area contributed by atoms with Gasteiger partial charge in [-0.05, 0) is 25.5 Å². The summed E-state index contributed by atoms with van der Waals surface area (Å²) in [6.07, 6.45) is 4.67. The average Bonchev–Trinajstić information content (AvgIpc) is 3.00. The van der Waals surface area contributed by atoms with E-state index in [1.54, 1.807) is 30.9 Å². The highest BCUT2D eigenvalue weighted by Crippen LogP contribution is 2.07. The van der Waals surface area contributed by atoms with E-state index in [0.717, 1.165) is 5.56 Å². The van der Waals surface area contributed by atoms with Crippen molar-refractivity contribution < 1.29 is 9.59 Å². The van der Waals surface area contributed by atoms with Crippen LogP contribution >= 0.6 is 0 Å². The molecule has 0 spiro atoms. The van der Waals surface area contributed by atoms with Gasteiger partial charge in [0.2, 0.25) is 11.8 Å². The Balaban J connectivity index is 1.86. The lowest BCUT2D eigenvalue weighted by atomic mass is 10.2. The van der Waals surface area contributed by atoms with Crippen molar-refractivity contribution >= 4 is 17.9 Å². The lowest BCUT2D eigenvalue weighted by Crippen LogP contribution is -2.45. The van der Waals surface area contributed by atoms with E-state index in [-0.39, 0.29) is 17.9 Å². The van der Waals surface area contributed by atoms with E-state index < -0.39 is 6.04 Å². The molecule has 0 bridgehead atoms. The van der Waals surface area contributed by atoms with Gasteiger partial charge in [-0.15, -0.1) is 10.2 Å². The van der Waals surface area contributed by atoms with Crippen LogP contribution < -0.4 is 10.6 Å². The molecule has 2 N–H and O–H groups in total. The molecule has 1 aromatic heterocycles. The average molecular weight is 327 g/mol. The van der Waals surface area contributed by atoms with Gasteiger partial charge in [0.25, 0.3) is 0 Å². The molecule has 24 heavy (non-hydrogen) atoms. The zero-order chi connectivity index (χ0) is 17.5. The lowest BCUT2D eigenvalue weighted by molar-refractivity contribution is -0.127. The Morgan fingerprint density at radius 2 is 1.88 bits per heavy atom. The van der Waals surface area contributed by atoms with Gasteiger partial charge in [0.15, 0.2) is 5.82 Å². The van der Waals surface area contributed by atoms with Crippen molar-refractivity contribution in [2.24, 2.45) is 7.05 Å². The van der Waals surface area contributed by atoms with Gasteiger partial charge >= 0.3 is 0 Å². The first kappa shape index (κ1) is 17.4. The SMILES string of the molecule is C[C@H](NC(=O)/C=C/c1ccccc1)C(=O)N[C@@H](C)c1nncn1C. The summed E-state index contributed by atoms with van der Waals surface area (Å²) in [4.78, 5) is 24.1. The van der Waals surface area contributed by atoms with Crippen molar-refractivity contribution in [2.45, 2.75) is 25.9 Å². The second-order valence-corrected chi connectivity index (χ2v) is 5.50. The number of nitrogens with zero attached hydrogens (tertiary/aromatic N) is 3. The lowest BCUT2D eigenvalue weighted by Gasteiger charge is -2.17. The molecule has 1 aromatic carbocycles. The van der Waals surface area contributed by atoms with Crippen molar-refractivity contribution in [3.8, 4) is 0 Å². The monoisotopic (exact) mass is 327 g/mol. The van der Waals surface area contributed by atoms with Gasteiger partial charge in [-0.25, -0.2) is 0 Å². The first-order valence-electron chi connectivity index (χ1n) is 7.65. The molecule has 0 aliphatic heterocycles. The van der Waals surface area contributed by atoms with Crippen LogP contribution in [0.15, 0.2) is 42.7 Å². The Kier molecular flexibility index (Phi) is 5.83. The van der Waals surface area contributed by atoms with Crippen molar-refractivity contribution in [3.63, 3.8) is 0 Å². The van der Waals surface area contributed by atoms with Crippen LogP contribution in [0, 0.1) is 0 Å². The van der Waals surface area contributed by atoms with E-state index in [0.29, 0.717) is 5.82 Å². The van der Waals surface area contributed by atoms with Crippen LogP contribution in [0.4, 0.5) is 0 Å². The quantitative estimate of drug-likeness (QED) is 0.781. The summed E-state index contributed by atoms with van der Waals surface area (Å²) in [5.41, 5.74) is 0.917. The maximum Gasteiger partial charge on any atom is 0.244 e. The topological polar surface area (TPSA) is 88.9 Å². The second-order valence-electron chi connectivity index (χ2n) is 5.50. The number of carbonyl (C=O) groups excluding carboxylic acids is 2. The molecule has 0 aliphatic carbocycles. The molecule has 0 radical (unpaired) electrons. The Labute approximate surface area is 140 Å². The second kappa shape index (κ2) is 8.05. The number of hydrogen-bond acceptors (Lipinski definition) is 4. The molecule has 0 aliphatic rings. The van der Waals surface area contributed by atoms with Crippen molar-refractivity contribution in [1.29, 1.82) is 0 Å². The summed E-state index contributed by atoms with van der Waals surface area (Å²) in [6, 6.07) is 8.51. The van der Waals surface area contributed by atoms with E-state index in [4.69, 9.17) is 0 Å². The Bertz CT molecular complexity index is 724. The summed E-state index contributed by atoms with van der Waals surface area (Å²) in [6.45, 7) is 3.44. The summed E-state index contributed by atoms with van der Waals surface area (Å²) in [5.74, 6) is 0.0330. The minimum atomic E-state index is -0.659. The first-order valence-corrected chi connectivity index (χ1v) is 7.65. The predicted octanol–water partition coefficient (Wildman–Crippen LogP) is 1.21. The maximum atomic E-state index is 12.2. The van der Waals surface area contributed by atoms with Crippen LogP contribution in [0.3, 0.4) is 0 Å². The van der Waals surface area contributed by atoms with Gasteiger partial charge in [0.1, 0.15) is 12.4 Å². The Morgan fingerprint density at radius 3 is 2.50 bits per heavy atom. The van der Waals surface area contributed by atoms with E-state index in [1.165, 1.54) is 6.08 Å². The number of hydrogen-bond donors (Lipinski definition) is 2. The minimum absolute atomic E-state index is 0.285. The summed E-state index contributed by atoms with van der Waals surface area (Å²) >= 11 is 0. The van der Waals surface area contributed by atoms with Gasteiger partial charge in [0.05, 0.1) is 6.04 Å². The third-order valence-corrected chi connectivity index (χ3v) is 3.47. The minimum Gasteiger partial charge on any atom is -0.345 e. The fourth-order valence-corrected chi connectivity index (χ4v) is 2.15. The smallest absolute Gasteiger partial charge is 0.244 e. The Hall–Kier alpha value is -2.96. The Morgan fingerprint density at radius 1 is 1.17 bits per heavy atom. The highest BCUT2D eigenvalue weighted by molar-refractivity contribution is 5.95. The summed E-state index contributed by atoms with van der Waals surface area (Å²) in [5, 5.41) is 13.2. The van der Waals surface area contributed by atoms with Crippen LogP contribution in [0.2, 0.25) is 0 Å². The highest BCUT2D eigenvalue weighted by Gasteiger charge is 2.19.